The summed E-state index contributed by atoms with van der Waals surface area (Å²) in [6.45, 7) is 18.1. The Labute approximate surface area is 248 Å². The first-order valence-corrected chi connectivity index (χ1v) is 14.9. The molecule has 2 N–H and O–H groups in total. The quantitative estimate of drug-likeness (QED) is 0.348. The Hall–Kier alpha value is -2.71. The van der Waals surface area contributed by atoms with Gasteiger partial charge < -0.3 is 25.2 Å². The van der Waals surface area contributed by atoms with E-state index < -0.39 is 22.9 Å². The molecule has 3 atom stereocenters. The maximum atomic E-state index is 14.0. The number of hydrogen-bond acceptors (Lipinski definition) is 5. The smallest absolute Gasteiger partial charge is 0.248 e. The molecule has 3 amide bonds. The van der Waals surface area contributed by atoms with E-state index in [9.17, 15) is 14.4 Å². The zero-order valence-corrected chi connectivity index (χ0v) is 27.0. The number of amides is 3. The van der Waals surface area contributed by atoms with E-state index in [4.69, 9.17) is 4.74 Å². The fourth-order valence-electron chi connectivity index (χ4n) is 5.53. The van der Waals surface area contributed by atoms with Gasteiger partial charge in [0.15, 0.2) is 0 Å². The summed E-state index contributed by atoms with van der Waals surface area (Å²) in [5.74, 6) is -0.205. The predicted molar refractivity (Wildman–Crippen MR) is 165 cm³/mol. The molecule has 1 aromatic carbocycles. The van der Waals surface area contributed by atoms with Crippen LogP contribution in [0.1, 0.15) is 73.8 Å². The van der Waals surface area contributed by atoms with E-state index in [1.165, 1.54) is 0 Å². The van der Waals surface area contributed by atoms with E-state index in [-0.39, 0.29) is 36.3 Å². The molecular formula is C33H54N4O4. The van der Waals surface area contributed by atoms with Crippen LogP contribution >= 0.6 is 0 Å². The van der Waals surface area contributed by atoms with Crippen LogP contribution in [-0.2, 0) is 24.5 Å². The van der Waals surface area contributed by atoms with Gasteiger partial charge in [-0.2, -0.15) is 0 Å². The van der Waals surface area contributed by atoms with Crippen molar-refractivity contribution in [1.82, 2.24) is 20.4 Å². The van der Waals surface area contributed by atoms with Crippen molar-refractivity contribution >= 4 is 17.7 Å². The van der Waals surface area contributed by atoms with Crippen molar-refractivity contribution in [3.63, 3.8) is 0 Å². The molecule has 2 unspecified atom stereocenters. The zero-order valence-electron chi connectivity index (χ0n) is 27.0. The molecule has 1 heterocycles. The molecule has 0 radical (unpaired) electrons. The molecule has 1 aliphatic rings. The third-order valence-corrected chi connectivity index (χ3v) is 8.14. The highest BCUT2D eigenvalue weighted by molar-refractivity contribution is 5.91. The number of likely N-dealkylation sites (N-methyl/N-ethyl adjacent to an activating group) is 2. The second kappa shape index (κ2) is 15.0. The Balaban J connectivity index is 2.17. The molecule has 1 aromatic rings. The summed E-state index contributed by atoms with van der Waals surface area (Å²) in [5, 5.41) is 6.30. The maximum absolute atomic E-state index is 14.0. The van der Waals surface area contributed by atoms with Gasteiger partial charge in [0.05, 0.1) is 18.7 Å². The van der Waals surface area contributed by atoms with Gasteiger partial charge in [-0.15, -0.1) is 0 Å². The fourth-order valence-corrected chi connectivity index (χ4v) is 5.53. The Bertz CT molecular complexity index is 1040. The van der Waals surface area contributed by atoms with E-state index >= 15 is 0 Å². The molecule has 0 saturated carbocycles. The molecule has 0 aromatic heterocycles. The summed E-state index contributed by atoms with van der Waals surface area (Å²) in [5.41, 5.74) is 0.965. The number of carbonyl (C=O) groups excluding carboxylic acids is 3. The second-order valence-electron chi connectivity index (χ2n) is 13.4. The van der Waals surface area contributed by atoms with Crippen molar-refractivity contribution < 1.29 is 19.1 Å². The highest BCUT2D eigenvalue weighted by Gasteiger charge is 2.41. The molecule has 1 aliphatic heterocycles. The monoisotopic (exact) mass is 570 g/mol. The number of likely N-dealkylation sites (tertiary alicyclic amines) is 1. The third kappa shape index (κ3) is 9.40. The van der Waals surface area contributed by atoms with E-state index in [2.05, 4.69) is 24.5 Å². The van der Waals surface area contributed by atoms with E-state index in [0.717, 1.165) is 37.1 Å². The maximum Gasteiger partial charge on any atom is 0.248 e. The molecule has 2 rings (SSSR count). The number of benzene rings is 1. The summed E-state index contributed by atoms with van der Waals surface area (Å²) < 4.78 is 5.72. The van der Waals surface area contributed by atoms with Gasteiger partial charge in [0.1, 0.15) is 12.6 Å². The molecule has 8 nitrogen and oxygen atoms in total. The lowest BCUT2D eigenvalue weighted by atomic mass is 9.76. The highest BCUT2D eigenvalue weighted by Crippen LogP contribution is 2.29. The number of rotatable bonds is 13. The summed E-state index contributed by atoms with van der Waals surface area (Å²) >= 11 is 0. The van der Waals surface area contributed by atoms with Gasteiger partial charge >= 0.3 is 0 Å². The minimum atomic E-state index is -0.730. The summed E-state index contributed by atoms with van der Waals surface area (Å²) in [6.07, 6.45) is 4.15. The van der Waals surface area contributed by atoms with E-state index in [1.807, 2.05) is 82.9 Å². The van der Waals surface area contributed by atoms with Crippen molar-refractivity contribution in [1.29, 1.82) is 0 Å². The van der Waals surface area contributed by atoms with Crippen LogP contribution in [0.25, 0.3) is 0 Å². The second-order valence-corrected chi connectivity index (χ2v) is 13.4. The van der Waals surface area contributed by atoms with Crippen LogP contribution in [-0.4, -0.2) is 86.0 Å². The minimum Gasteiger partial charge on any atom is -0.367 e. The Morgan fingerprint density at radius 3 is 2.10 bits per heavy atom. The molecule has 1 fully saturated rings. The van der Waals surface area contributed by atoms with Crippen molar-refractivity contribution in [3.8, 4) is 0 Å². The first-order valence-electron chi connectivity index (χ1n) is 14.9. The zero-order chi connectivity index (χ0) is 31.0. The van der Waals surface area contributed by atoms with Crippen LogP contribution in [0.15, 0.2) is 42.0 Å². The third-order valence-electron chi connectivity index (χ3n) is 8.14. The first kappa shape index (κ1) is 34.5. The number of ether oxygens (including phenoxy) is 1. The molecule has 1 saturated heterocycles. The molecular weight excluding hydrogens is 516 g/mol. The number of nitrogens with zero attached hydrogens (tertiary/aromatic N) is 2. The van der Waals surface area contributed by atoms with Gasteiger partial charge in [0.25, 0.3) is 0 Å². The first-order chi connectivity index (χ1) is 19.1. The van der Waals surface area contributed by atoms with Crippen molar-refractivity contribution in [3.05, 3.63) is 47.5 Å². The van der Waals surface area contributed by atoms with Gasteiger partial charge in [-0.3, -0.25) is 14.4 Å². The van der Waals surface area contributed by atoms with Crippen LogP contribution in [0.3, 0.4) is 0 Å². The summed E-state index contributed by atoms with van der Waals surface area (Å²) in [6, 6.07) is 8.45. The van der Waals surface area contributed by atoms with E-state index in [1.54, 1.807) is 19.0 Å². The van der Waals surface area contributed by atoms with E-state index in [0.29, 0.717) is 6.61 Å². The molecule has 0 spiro atoms. The summed E-state index contributed by atoms with van der Waals surface area (Å²) in [7, 11) is 3.57. The van der Waals surface area contributed by atoms with Gasteiger partial charge in [-0.05, 0) is 49.3 Å². The predicted octanol–water partition coefficient (Wildman–Crippen LogP) is 4.15. The van der Waals surface area contributed by atoms with Gasteiger partial charge in [0, 0.05) is 25.6 Å². The summed E-state index contributed by atoms with van der Waals surface area (Å²) in [4.78, 5) is 43.6. The number of carbonyl (C=O) groups is 3. The lowest BCUT2D eigenvalue weighted by Crippen LogP contribution is -2.61. The molecule has 230 valence electrons. The fraction of sp³-hybridized carbons (Fsp3) is 0.667. The van der Waals surface area contributed by atoms with Crippen LogP contribution < -0.4 is 10.6 Å². The van der Waals surface area contributed by atoms with Crippen molar-refractivity contribution in [2.45, 2.75) is 91.8 Å². The van der Waals surface area contributed by atoms with Gasteiger partial charge in [0.2, 0.25) is 17.7 Å². The Kier molecular flexibility index (Phi) is 12.6. The molecule has 0 aliphatic carbocycles. The average molecular weight is 571 g/mol. The van der Waals surface area contributed by atoms with Crippen LogP contribution in [0.5, 0.6) is 0 Å². The van der Waals surface area contributed by atoms with Crippen LogP contribution in [0, 0.1) is 11.3 Å². The van der Waals surface area contributed by atoms with Crippen LogP contribution in [0.2, 0.25) is 0 Å². The van der Waals surface area contributed by atoms with Crippen molar-refractivity contribution in [2.75, 3.05) is 40.4 Å². The largest absolute Gasteiger partial charge is 0.367 e. The number of hydrogen-bond donors (Lipinski definition) is 2. The normalized spacial score (nSPS) is 16.9. The van der Waals surface area contributed by atoms with Gasteiger partial charge in [-0.1, -0.05) is 84.9 Å². The lowest BCUT2D eigenvalue weighted by molar-refractivity contribution is -0.140. The lowest BCUT2D eigenvalue weighted by Gasteiger charge is -2.40. The Morgan fingerprint density at radius 1 is 1.00 bits per heavy atom. The molecule has 8 heteroatoms. The van der Waals surface area contributed by atoms with Crippen LogP contribution in [0.4, 0.5) is 0 Å². The topological polar surface area (TPSA) is 91.0 Å². The Morgan fingerprint density at radius 2 is 1.59 bits per heavy atom. The molecule has 41 heavy (non-hydrogen) atoms. The van der Waals surface area contributed by atoms with Gasteiger partial charge in [-0.25, -0.2) is 0 Å². The highest BCUT2D eigenvalue weighted by atomic mass is 16.5. The average Bonchev–Trinajstić information content (AvgIpc) is 3.45. The number of nitrogens with one attached hydrogen (secondary N) is 2. The van der Waals surface area contributed by atoms with Crippen molar-refractivity contribution in [2.24, 2.45) is 11.3 Å². The standard InChI is InChI=1S/C33H54N4O4/c1-23(2)26(20-24(3)21-41-22-27(38)37-18-14-15-19-37)36(10)31(40)29(32(4,5)6)35-30(39)28(34-9)33(7,8)25-16-12-11-13-17-25/h11-13,16-17,20,23,26,28-29,34H,14-15,18-19,21-22H2,1-10H3,(H,35,39)/b24-20+/t26?,28?,29-/m1/s1. The SMILES string of the molecule is CNC(C(=O)N[C@H](C(=O)N(C)C(/C=C(\C)COCC(=O)N1CCCC1)C(C)C)C(C)(C)C)C(C)(C)c1ccccc1. The molecule has 0 bridgehead atoms. The minimum absolute atomic E-state index is 0.0297.